The molecule has 0 atom stereocenters. The number of ether oxygens (including phenoxy) is 1. The van der Waals surface area contributed by atoms with Crippen LogP contribution in [0.15, 0.2) is 146 Å². The minimum atomic E-state index is -0.0320. The maximum atomic E-state index is 6.93. The molecule has 11 aliphatic rings. The first-order chi connectivity index (χ1) is 33.0. The van der Waals surface area contributed by atoms with E-state index >= 15 is 0 Å². The molecule has 0 N–H and O–H groups in total. The van der Waals surface area contributed by atoms with Gasteiger partial charge in [-0.25, -0.2) is 0 Å². The van der Waals surface area contributed by atoms with Crippen LogP contribution in [0.5, 0.6) is 11.5 Å². The molecule has 8 bridgehead atoms. The van der Waals surface area contributed by atoms with Gasteiger partial charge in [0.15, 0.2) is 5.75 Å². The lowest BCUT2D eigenvalue weighted by atomic mass is 9.42. The van der Waals surface area contributed by atoms with Gasteiger partial charge >= 0.3 is 6.85 Å². The van der Waals surface area contributed by atoms with Crippen molar-refractivity contribution >= 4 is 68.0 Å². The summed E-state index contributed by atoms with van der Waals surface area (Å²) >= 11 is 0. The van der Waals surface area contributed by atoms with Gasteiger partial charge in [-0.3, -0.25) is 0 Å². The van der Waals surface area contributed by atoms with Gasteiger partial charge < -0.3 is 19.0 Å². The van der Waals surface area contributed by atoms with Crippen molar-refractivity contribution in [3.05, 3.63) is 157 Å². The minimum Gasteiger partial charge on any atom is -0.453 e. The highest BCUT2D eigenvalue weighted by atomic mass is 16.5. The first-order valence-corrected chi connectivity index (χ1v) is 25.9. The molecule has 19 rings (SSSR count). The van der Waals surface area contributed by atoms with E-state index in [1.54, 1.807) is 11.1 Å². The number of benzene rings is 7. The number of hydrogen-bond donors (Lipinski definition) is 0. The second-order valence-electron chi connectivity index (χ2n) is 23.4. The Morgan fingerprint density at radius 1 is 0.478 bits per heavy atom. The molecular weight excluding hydrogens is 814 g/mol. The SMILES string of the molecule is c1ccc(N(c2ccccc2)c2cc3c4c(c2)-n2c5ccc(C67CC8CC(CC(C8)C6)C7)cc5c5cc(C67CC8CC(CC(C8)C6)C7)cc(c52)B4N2c4ccccc4Oc4cccc-3c42)cc1. The Morgan fingerprint density at radius 2 is 1.06 bits per heavy atom. The Morgan fingerprint density at radius 3 is 1.72 bits per heavy atom. The van der Waals surface area contributed by atoms with Gasteiger partial charge in [-0.15, -0.1) is 0 Å². The van der Waals surface area contributed by atoms with E-state index in [9.17, 15) is 0 Å². The smallest absolute Gasteiger partial charge is 0.333 e. The van der Waals surface area contributed by atoms with E-state index in [0.717, 1.165) is 64.1 Å². The van der Waals surface area contributed by atoms with Crippen molar-refractivity contribution in [1.29, 1.82) is 0 Å². The number of hydrogen-bond acceptors (Lipinski definition) is 3. The number of nitrogens with zero attached hydrogens (tertiary/aromatic N) is 3. The van der Waals surface area contributed by atoms with Crippen molar-refractivity contribution in [3.8, 4) is 28.3 Å². The third-order valence-electron chi connectivity index (χ3n) is 19.6. The van der Waals surface area contributed by atoms with Gasteiger partial charge in [-0.2, -0.15) is 0 Å². The molecule has 8 saturated carbocycles. The van der Waals surface area contributed by atoms with E-state index in [1.165, 1.54) is 138 Å². The molecule has 1 aromatic heterocycles. The quantitative estimate of drug-likeness (QED) is 0.161. The van der Waals surface area contributed by atoms with Crippen LogP contribution in [0.1, 0.15) is 88.2 Å². The fourth-order valence-corrected chi connectivity index (χ4v) is 18.0. The lowest BCUT2D eigenvalue weighted by Gasteiger charge is -2.57. The monoisotopic (exact) mass is 867 g/mol. The average molecular weight is 868 g/mol. The maximum Gasteiger partial charge on any atom is 0.333 e. The molecule has 4 heterocycles. The minimum absolute atomic E-state index is 0.0320. The molecule has 5 heteroatoms. The molecule has 8 aliphatic carbocycles. The molecular formula is C62H54BN3O. The Labute approximate surface area is 393 Å². The fourth-order valence-electron chi connectivity index (χ4n) is 18.0. The van der Waals surface area contributed by atoms with Crippen LogP contribution in [0, 0.1) is 35.5 Å². The van der Waals surface area contributed by atoms with Crippen LogP contribution in [0.4, 0.5) is 28.4 Å². The van der Waals surface area contributed by atoms with E-state index in [2.05, 4.69) is 160 Å². The van der Waals surface area contributed by atoms with E-state index < -0.39 is 0 Å². The highest BCUT2D eigenvalue weighted by Crippen LogP contribution is 2.63. The molecule has 8 fully saturated rings. The van der Waals surface area contributed by atoms with Crippen molar-refractivity contribution < 1.29 is 4.74 Å². The molecule has 67 heavy (non-hydrogen) atoms. The van der Waals surface area contributed by atoms with Gasteiger partial charge in [-0.1, -0.05) is 72.8 Å². The standard InChI is InChI=1S/C62H54BN3O/c1-3-10-45(11-4-1)64(46-12-5-2-6-13-46)47-29-50-48-14-9-17-57-60(48)66(54-15-7-8-16-56(54)67-57)63-52-28-44(62-34-40-23-41(35-62)25-42(24-40)36-62)27-51-49-26-43(61-31-37-20-38(32-61)22-39(21-37)33-61)18-19-53(49)65(59(51)52)55(30-47)58(50)63/h1-19,26-30,37-42H,20-25,31-36H2. The molecule has 0 radical (unpaired) electrons. The summed E-state index contributed by atoms with van der Waals surface area (Å²) in [6.45, 7) is -0.0320. The van der Waals surface area contributed by atoms with Crippen molar-refractivity contribution in [2.45, 2.75) is 87.9 Å². The number of aromatic nitrogens is 1. The number of rotatable bonds is 5. The summed E-state index contributed by atoms with van der Waals surface area (Å²) in [7, 11) is 0. The number of anilines is 5. The van der Waals surface area contributed by atoms with Gasteiger partial charge in [0.25, 0.3) is 0 Å². The number of fused-ring (bicyclic) bond motifs is 9. The van der Waals surface area contributed by atoms with Crippen LogP contribution in [0.2, 0.25) is 0 Å². The fraction of sp³-hybridized carbons (Fsp3) is 0.323. The third kappa shape index (κ3) is 4.91. The van der Waals surface area contributed by atoms with Gasteiger partial charge in [0.05, 0.1) is 22.4 Å². The van der Waals surface area contributed by atoms with Crippen LogP contribution in [-0.4, -0.2) is 11.4 Å². The highest BCUT2D eigenvalue weighted by molar-refractivity contribution is 6.93. The molecule has 0 saturated heterocycles. The van der Waals surface area contributed by atoms with Gasteiger partial charge in [-0.05, 0) is 224 Å². The maximum absolute atomic E-state index is 6.93. The normalized spacial score (nSPS) is 29.3. The van der Waals surface area contributed by atoms with E-state index in [1.807, 2.05) is 0 Å². The van der Waals surface area contributed by atoms with Gasteiger partial charge in [0, 0.05) is 39.1 Å². The van der Waals surface area contributed by atoms with Gasteiger partial charge in [0.1, 0.15) is 5.75 Å². The van der Waals surface area contributed by atoms with Crippen molar-refractivity contribution in [2.24, 2.45) is 35.5 Å². The Bertz CT molecular complexity index is 3330. The second kappa shape index (κ2) is 12.9. The van der Waals surface area contributed by atoms with Crippen LogP contribution < -0.4 is 25.4 Å². The van der Waals surface area contributed by atoms with Crippen molar-refractivity contribution in [3.63, 3.8) is 0 Å². The van der Waals surface area contributed by atoms with E-state index in [4.69, 9.17) is 4.74 Å². The zero-order valence-electron chi connectivity index (χ0n) is 38.1. The Kier molecular flexibility index (Phi) is 7.08. The van der Waals surface area contributed by atoms with Gasteiger partial charge in [0.2, 0.25) is 0 Å². The summed E-state index contributed by atoms with van der Waals surface area (Å²) < 4.78 is 9.68. The predicted molar refractivity (Wildman–Crippen MR) is 274 cm³/mol. The first kappa shape index (κ1) is 36.9. The summed E-state index contributed by atoms with van der Waals surface area (Å²) in [6, 6.07) is 56.2. The molecule has 0 spiro atoms. The molecule has 0 unspecified atom stereocenters. The molecule has 4 nitrogen and oxygen atoms in total. The van der Waals surface area contributed by atoms with Crippen LogP contribution in [0.25, 0.3) is 38.6 Å². The van der Waals surface area contributed by atoms with E-state index in [-0.39, 0.29) is 12.3 Å². The van der Waals surface area contributed by atoms with Crippen molar-refractivity contribution in [1.82, 2.24) is 4.57 Å². The summed E-state index contributed by atoms with van der Waals surface area (Å²) in [4.78, 5) is 5.18. The highest BCUT2D eigenvalue weighted by Gasteiger charge is 2.55. The zero-order chi connectivity index (χ0) is 43.3. The zero-order valence-corrected chi connectivity index (χ0v) is 38.1. The van der Waals surface area contributed by atoms with Crippen LogP contribution in [-0.2, 0) is 10.8 Å². The largest absolute Gasteiger partial charge is 0.453 e. The Balaban J connectivity index is 0.998. The molecule has 326 valence electrons. The third-order valence-corrected chi connectivity index (χ3v) is 19.6. The topological polar surface area (TPSA) is 20.6 Å². The first-order valence-electron chi connectivity index (χ1n) is 25.9. The average Bonchev–Trinajstić information content (AvgIpc) is 3.68. The lowest BCUT2D eigenvalue weighted by Crippen LogP contribution is -2.61. The Hall–Kier alpha value is -6.20. The molecule has 8 aromatic rings. The molecule has 3 aliphatic heterocycles. The molecule has 7 aromatic carbocycles. The predicted octanol–water partition coefficient (Wildman–Crippen LogP) is 14.5. The summed E-state index contributed by atoms with van der Waals surface area (Å²) in [6.07, 6.45) is 17.0. The number of para-hydroxylation sites is 5. The summed E-state index contributed by atoms with van der Waals surface area (Å²) in [5.41, 5.74) is 19.1. The van der Waals surface area contributed by atoms with E-state index in [0.29, 0.717) is 5.41 Å². The summed E-state index contributed by atoms with van der Waals surface area (Å²) in [5, 5.41) is 2.95. The van der Waals surface area contributed by atoms with Crippen LogP contribution in [0.3, 0.4) is 0 Å². The van der Waals surface area contributed by atoms with Crippen LogP contribution >= 0.6 is 0 Å². The summed E-state index contributed by atoms with van der Waals surface area (Å²) in [5.74, 6) is 7.23. The lowest BCUT2D eigenvalue weighted by molar-refractivity contribution is -0.00526. The van der Waals surface area contributed by atoms with Crippen molar-refractivity contribution in [2.75, 3.05) is 9.71 Å². The second-order valence-corrected chi connectivity index (χ2v) is 23.4. The molecule has 0 amide bonds.